The zero-order valence-corrected chi connectivity index (χ0v) is 27.1. The zero-order valence-electron chi connectivity index (χ0n) is 26.3. The molecule has 1 saturated carbocycles. The minimum Gasteiger partial charge on any atom is -0.346 e. The van der Waals surface area contributed by atoms with E-state index in [2.05, 4.69) is 87.5 Å². The third-order valence-corrected chi connectivity index (χ3v) is 8.76. The third-order valence-electron chi connectivity index (χ3n) is 8.52. The molecule has 4 rings (SSSR count). The number of halogens is 1. The number of nitrogens with zero attached hydrogens (tertiary/aromatic N) is 3. The molecule has 0 saturated heterocycles. The molecule has 6 heteroatoms. The first-order valence-corrected chi connectivity index (χ1v) is 16.0. The number of benzene rings is 1. The summed E-state index contributed by atoms with van der Waals surface area (Å²) in [4.78, 5) is 14.7. The van der Waals surface area contributed by atoms with Gasteiger partial charge in [-0.15, -0.1) is 0 Å². The second-order valence-electron chi connectivity index (χ2n) is 11.9. The van der Waals surface area contributed by atoms with Gasteiger partial charge in [-0.1, -0.05) is 50.1 Å². The molecule has 0 spiro atoms. The van der Waals surface area contributed by atoms with Crippen LogP contribution in [0, 0.1) is 5.92 Å². The molecule has 1 aromatic heterocycles. The number of aryl methyl sites for hydroxylation is 1. The largest absolute Gasteiger partial charge is 0.346 e. The van der Waals surface area contributed by atoms with E-state index in [1.54, 1.807) is 0 Å². The van der Waals surface area contributed by atoms with Crippen LogP contribution in [0.3, 0.4) is 0 Å². The number of hydrogen-bond acceptors (Lipinski definition) is 4. The lowest BCUT2D eigenvalue weighted by molar-refractivity contribution is 0.587. The van der Waals surface area contributed by atoms with E-state index in [-0.39, 0.29) is 6.04 Å². The third kappa shape index (κ3) is 9.24. The van der Waals surface area contributed by atoms with Gasteiger partial charge in [0.2, 0.25) is 0 Å². The molecule has 0 amide bonds. The van der Waals surface area contributed by atoms with Crippen LogP contribution in [-0.4, -0.2) is 29.2 Å². The van der Waals surface area contributed by atoms with Crippen molar-refractivity contribution in [2.45, 2.75) is 98.4 Å². The summed E-state index contributed by atoms with van der Waals surface area (Å²) in [7, 11) is 0. The molecule has 1 aliphatic carbocycles. The van der Waals surface area contributed by atoms with Crippen LogP contribution in [0.4, 0.5) is 0 Å². The van der Waals surface area contributed by atoms with Crippen LogP contribution >= 0.6 is 11.6 Å². The van der Waals surface area contributed by atoms with Gasteiger partial charge in [0, 0.05) is 36.1 Å². The van der Waals surface area contributed by atoms with E-state index in [0.29, 0.717) is 5.92 Å². The van der Waals surface area contributed by atoms with Crippen molar-refractivity contribution in [3.63, 3.8) is 0 Å². The number of aromatic nitrogens is 1. The van der Waals surface area contributed by atoms with Gasteiger partial charge in [-0.05, 0) is 124 Å². The Hall–Kier alpha value is -3.02. The van der Waals surface area contributed by atoms with Crippen molar-refractivity contribution in [3.8, 4) is 0 Å². The topological polar surface area (TPSA) is 61.7 Å². The van der Waals surface area contributed by atoms with Gasteiger partial charge in [0.15, 0.2) is 0 Å². The van der Waals surface area contributed by atoms with Crippen molar-refractivity contribution in [3.05, 3.63) is 99.1 Å². The highest BCUT2D eigenvalue weighted by atomic mass is 35.5. The number of amidine groups is 2. The summed E-state index contributed by atoms with van der Waals surface area (Å²) in [5.74, 6) is 2.88. The maximum absolute atomic E-state index is 6.30. The Morgan fingerprint density at radius 2 is 1.88 bits per heavy atom. The van der Waals surface area contributed by atoms with Gasteiger partial charge in [0.1, 0.15) is 11.7 Å². The molecule has 42 heavy (non-hydrogen) atoms. The lowest BCUT2D eigenvalue weighted by Crippen LogP contribution is -2.43. The van der Waals surface area contributed by atoms with E-state index in [1.807, 2.05) is 24.5 Å². The SMILES string of the molecule is CCC(C)=C(C=C(C)C1CC1)N=C1CC(CC)=C(CCc2cccc(Cl)c2)NC(C(C)NCC(C)c2ccncc2)=N1. The molecule has 1 aliphatic heterocycles. The molecule has 0 bridgehead atoms. The maximum Gasteiger partial charge on any atom is 0.135 e. The lowest BCUT2D eigenvalue weighted by atomic mass is 10.0. The summed E-state index contributed by atoms with van der Waals surface area (Å²) < 4.78 is 0. The summed E-state index contributed by atoms with van der Waals surface area (Å²) in [6.07, 6.45) is 13.1. The second kappa shape index (κ2) is 15.5. The Morgan fingerprint density at radius 3 is 2.55 bits per heavy atom. The Kier molecular flexibility index (Phi) is 11.7. The standard InChI is InChI=1S/C36H48ClN5/c1-7-24(3)34(20-25(4)30-13-14-30)40-35-22-29(8-2)33(15-12-28-10-9-11-32(37)21-28)41-36(42-35)27(6)39-23-26(5)31-16-18-38-19-17-31/h9-11,16-21,26-27,30,39H,7-8,12-15,22-23H2,1-6H3,(H,40,41,42). The number of rotatable bonds is 13. The first-order chi connectivity index (χ1) is 20.3. The van der Waals surface area contributed by atoms with E-state index in [1.165, 1.54) is 46.4 Å². The minimum absolute atomic E-state index is 0.0281. The van der Waals surface area contributed by atoms with Crippen LogP contribution < -0.4 is 10.6 Å². The molecule has 1 aromatic carbocycles. The Labute approximate surface area is 258 Å². The molecular weight excluding hydrogens is 538 g/mol. The van der Waals surface area contributed by atoms with E-state index < -0.39 is 0 Å². The van der Waals surface area contributed by atoms with Gasteiger partial charge in [-0.25, -0.2) is 9.98 Å². The van der Waals surface area contributed by atoms with Gasteiger partial charge in [-0.3, -0.25) is 4.98 Å². The highest BCUT2D eigenvalue weighted by molar-refractivity contribution is 6.30. The maximum atomic E-state index is 6.30. The Balaban J connectivity index is 1.64. The summed E-state index contributed by atoms with van der Waals surface area (Å²) in [5, 5.41) is 8.32. The molecule has 2 heterocycles. The van der Waals surface area contributed by atoms with Gasteiger partial charge >= 0.3 is 0 Å². The summed E-state index contributed by atoms with van der Waals surface area (Å²) in [6.45, 7) is 14.2. The van der Waals surface area contributed by atoms with Crippen LogP contribution in [0.2, 0.25) is 5.02 Å². The molecule has 2 N–H and O–H groups in total. The van der Waals surface area contributed by atoms with Crippen LogP contribution in [0.1, 0.15) is 97.1 Å². The fourth-order valence-electron chi connectivity index (χ4n) is 5.26. The van der Waals surface area contributed by atoms with Crippen LogP contribution in [0.5, 0.6) is 0 Å². The summed E-state index contributed by atoms with van der Waals surface area (Å²) in [5.41, 5.74) is 8.95. The molecule has 2 aliphatic rings. The zero-order chi connectivity index (χ0) is 30.1. The quantitative estimate of drug-likeness (QED) is 0.231. The lowest BCUT2D eigenvalue weighted by Gasteiger charge is -2.22. The van der Waals surface area contributed by atoms with Crippen molar-refractivity contribution in [1.82, 2.24) is 15.6 Å². The molecule has 224 valence electrons. The number of hydrogen-bond donors (Lipinski definition) is 2. The minimum atomic E-state index is 0.0281. The highest BCUT2D eigenvalue weighted by Gasteiger charge is 2.24. The highest BCUT2D eigenvalue weighted by Crippen LogP contribution is 2.37. The molecule has 1 fully saturated rings. The number of pyridine rings is 1. The molecule has 5 nitrogen and oxygen atoms in total. The van der Waals surface area contributed by atoms with Gasteiger partial charge < -0.3 is 10.6 Å². The van der Waals surface area contributed by atoms with E-state index in [0.717, 1.165) is 67.0 Å². The van der Waals surface area contributed by atoms with Crippen LogP contribution in [0.25, 0.3) is 0 Å². The Bertz CT molecular complexity index is 1360. The predicted octanol–water partition coefficient (Wildman–Crippen LogP) is 8.94. The smallest absolute Gasteiger partial charge is 0.135 e. The molecule has 2 atom stereocenters. The predicted molar refractivity (Wildman–Crippen MR) is 179 cm³/mol. The van der Waals surface area contributed by atoms with E-state index in [4.69, 9.17) is 21.6 Å². The van der Waals surface area contributed by atoms with Crippen molar-refractivity contribution in [1.29, 1.82) is 0 Å². The fraction of sp³-hybridized carbons (Fsp3) is 0.472. The van der Waals surface area contributed by atoms with Crippen molar-refractivity contribution in [2.24, 2.45) is 15.9 Å². The number of allylic oxidation sites excluding steroid dienone is 4. The van der Waals surface area contributed by atoms with Crippen molar-refractivity contribution >= 4 is 23.3 Å². The van der Waals surface area contributed by atoms with Crippen LogP contribution in [0.15, 0.2) is 93.0 Å². The fourth-order valence-corrected chi connectivity index (χ4v) is 5.47. The second-order valence-corrected chi connectivity index (χ2v) is 12.3. The number of aliphatic imine (C=N–C) groups is 2. The number of nitrogens with one attached hydrogen (secondary N) is 2. The Morgan fingerprint density at radius 1 is 1.12 bits per heavy atom. The average molecular weight is 586 g/mol. The molecule has 2 unspecified atom stereocenters. The van der Waals surface area contributed by atoms with Gasteiger partial charge in [-0.2, -0.15) is 0 Å². The van der Waals surface area contributed by atoms with E-state index in [9.17, 15) is 0 Å². The summed E-state index contributed by atoms with van der Waals surface area (Å²) >= 11 is 6.30. The normalized spacial score (nSPS) is 19.2. The van der Waals surface area contributed by atoms with Crippen LogP contribution in [-0.2, 0) is 6.42 Å². The average Bonchev–Trinajstić information content (AvgIpc) is 3.86. The molecular formula is C36H48ClN5. The van der Waals surface area contributed by atoms with Crippen molar-refractivity contribution in [2.75, 3.05) is 6.54 Å². The van der Waals surface area contributed by atoms with Gasteiger partial charge in [0.05, 0.1) is 11.7 Å². The van der Waals surface area contributed by atoms with E-state index >= 15 is 0 Å². The molecule has 0 radical (unpaired) electrons. The first kappa shape index (κ1) is 31.9. The van der Waals surface area contributed by atoms with Gasteiger partial charge in [0.25, 0.3) is 0 Å². The first-order valence-electron chi connectivity index (χ1n) is 15.7. The van der Waals surface area contributed by atoms with Crippen molar-refractivity contribution < 1.29 is 0 Å². The monoisotopic (exact) mass is 585 g/mol. The molecule has 2 aromatic rings. The summed E-state index contributed by atoms with van der Waals surface area (Å²) in [6, 6.07) is 12.4.